The average Bonchev–Trinajstić information content (AvgIpc) is 3.12. The lowest BCUT2D eigenvalue weighted by atomic mass is 9.46. The van der Waals surface area contributed by atoms with Crippen molar-refractivity contribution in [1.29, 1.82) is 0 Å². The number of hydrogen-bond donors (Lipinski definition) is 2. The molecule has 2 fully saturated rings. The normalized spacial score (nSPS) is 48.0. The van der Waals surface area contributed by atoms with E-state index in [-0.39, 0.29) is 41.0 Å². The molecule has 0 amide bonds. The van der Waals surface area contributed by atoms with Gasteiger partial charge >= 0.3 is 5.97 Å². The Morgan fingerprint density at radius 3 is 2.52 bits per heavy atom. The molecule has 0 radical (unpaired) electrons. The van der Waals surface area contributed by atoms with Crippen LogP contribution in [0.2, 0.25) is 0 Å². The lowest BCUT2D eigenvalue weighted by molar-refractivity contribution is -0.152. The third-order valence-corrected chi connectivity index (χ3v) is 10.7. The first kappa shape index (κ1) is 23.0. The highest BCUT2D eigenvalue weighted by Gasteiger charge is 2.63. The molecule has 4 aliphatic carbocycles. The second-order valence-corrected chi connectivity index (χ2v) is 11.9. The van der Waals surface area contributed by atoms with Crippen molar-refractivity contribution in [3.8, 4) is 0 Å². The van der Waals surface area contributed by atoms with E-state index in [1.54, 1.807) is 18.2 Å². The fourth-order valence-electron chi connectivity index (χ4n) is 8.57. The Labute approximate surface area is 197 Å². The first-order valence-corrected chi connectivity index (χ1v) is 12.7. The van der Waals surface area contributed by atoms with Crippen molar-refractivity contribution in [2.45, 2.75) is 85.0 Å². The van der Waals surface area contributed by atoms with Crippen LogP contribution in [0.5, 0.6) is 0 Å². The Bertz CT molecular complexity index is 975. The van der Waals surface area contributed by atoms with Crippen molar-refractivity contribution in [3.05, 3.63) is 34.9 Å². The minimum Gasteiger partial charge on any atom is -0.458 e. The summed E-state index contributed by atoms with van der Waals surface area (Å²) in [5, 5.41) is 21.9. The molecule has 0 spiro atoms. The number of aliphatic hydroxyl groups excluding tert-OH is 2. The van der Waals surface area contributed by atoms with Crippen molar-refractivity contribution in [3.63, 3.8) is 0 Å². The summed E-state index contributed by atoms with van der Waals surface area (Å²) in [4.78, 5) is 25.5. The zero-order valence-corrected chi connectivity index (χ0v) is 20.5. The molecule has 0 aromatic rings. The summed E-state index contributed by atoms with van der Waals surface area (Å²) in [6.45, 7) is 10.5. The molecule has 1 heterocycles. The maximum Gasteiger partial charge on any atom is 0.333 e. The number of carbonyl (C=O) groups excluding carboxylic acids is 2. The van der Waals surface area contributed by atoms with Gasteiger partial charge in [-0.2, -0.15) is 0 Å². The summed E-state index contributed by atoms with van der Waals surface area (Å²) in [5.41, 5.74) is 1.85. The quantitative estimate of drug-likeness (QED) is 0.484. The lowest BCUT2D eigenvalue weighted by Gasteiger charge is -2.58. The number of aliphatic hydroxyl groups is 2. The number of hydrogen-bond acceptors (Lipinski definition) is 5. The standard InChI is InChI=1S/C28H38O5/c1-14-12-23(33-26(32)15(14)2)16(3)17-6-7-18-25-19(10-11-27(17,18)4)28(5)20(13-22(25)30)21(29)8-9-24(28)31/h8-9,13,16-19,21-23,25,29-30H,6-7,10-12H2,1-5H3/t16-,17?,18?,19?,21-,22+,23+,25?,27+,28+/m0/s1. The number of allylic oxidation sites excluding steroid dienone is 1. The van der Waals surface area contributed by atoms with E-state index >= 15 is 0 Å². The molecule has 0 aromatic heterocycles. The molecule has 33 heavy (non-hydrogen) atoms. The Balaban J connectivity index is 1.45. The van der Waals surface area contributed by atoms with Crippen molar-refractivity contribution in [2.24, 2.45) is 40.4 Å². The highest BCUT2D eigenvalue weighted by Crippen LogP contribution is 2.66. The van der Waals surface area contributed by atoms with E-state index in [4.69, 9.17) is 4.74 Å². The number of ether oxygens (including phenoxy) is 1. The van der Waals surface area contributed by atoms with E-state index in [1.807, 2.05) is 20.8 Å². The van der Waals surface area contributed by atoms with Crippen molar-refractivity contribution in [2.75, 3.05) is 0 Å². The van der Waals surface area contributed by atoms with E-state index in [0.717, 1.165) is 43.3 Å². The smallest absolute Gasteiger partial charge is 0.333 e. The minimum absolute atomic E-state index is 0.00938. The number of ketones is 1. The van der Waals surface area contributed by atoms with Crippen LogP contribution in [0.1, 0.15) is 66.7 Å². The molecule has 1 aliphatic heterocycles. The molecule has 2 saturated carbocycles. The van der Waals surface area contributed by atoms with Crippen LogP contribution in [-0.2, 0) is 14.3 Å². The van der Waals surface area contributed by atoms with Gasteiger partial charge in [0.2, 0.25) is 0 Å². The van der Waals surface area contributed by atoms with Crippen LogP contribution in [0.3, 0.4) is 0 Å². The molecule has 5 nitrogen and oxygen atoms in total. The second kappa shape index (κ2) is 7.64. The summed E-state index contributed by atoms with van der Waals surface area (Å²) in [5.74, 6) is 0.871. The molecule has 5 aliphatic rings. The average molecular weight is 455 g/mol. The summed E-state index contributed by atoms with van der Waals surface area (Å²) in [6.07, 6.45) is 8.06. The van der Waals surface area contributed by atoms with Crippen LogP contribution >= 0.6 is 0 Å². The summed E-state index contributed by atoms with van der Waals surface area (Å²) in [6, 6.07) is 0. The molecule has 10 atom stereocenters. The van der Waals surface area contributed by atoms with Gasteiger partial charge in [-0.15, -0.1) is 0 Å². The zero-order valence-electron chi connectivity index (χ0n) is 20.5. The Morgan fingerprint density at radius 1 is 1.09 bits per heavy atom. The lowest BCUT2D eigenvalue weighted by Crippen LogP contribution is -2.57. The predicted octanol–water partition coefficient (Wildman–Crippen LogP) is 4.14. The Morgan fingerprint density at radius 2 is 1.82 bits per heavy atom. The van der Waals surface area contributed by atoms with E-state index < -0.39 is 17.6 Å². The topological polar surface area (TPSA) is 83.8 Å². The van der Waals surface area contributed by atoms with E-state index in [9.17, 15) is 19.8 Å². The van der Waals surface area contributed by atoms with E-state index in [1.165, 1.54) is 0 Å². The third kappa shape index (κ3) is 3.11. The fraction of sp³-hybridized carbons (Fsp3) is 0.714. The van der Waals surface area contributed by atoms with Gasteiger partial charge in [0.25, 0.3) is 0 Å². The van der Waals surface area contributed by atoms with Crippen molar-refractivity contribution in [1.82, 2.24) is 0 Å². The molecule has 5 heteroatoms. The Hall–Kier alpha value is -1.72. The van der Waals surface area contributed by atoms with Gasteiger partial charge in [0.1, 0.15) is 6.10 Å². The van der Waals surface area contributed by atoms with Gasteiger partial charge in [0.05, 0.1) is 17.6 Å². The molecule has 0 aromatic carbocycles. The molecule has 0 saturated heterocycles. The highest BCUT2D eigenvalue weighted by atomic mass is 16.5. The van der Waals surface area contributed by atoms with Crippen LogP contribution in [0, 0.1) is 40.4 Å². The highest BCUT2D eigenvalue weighted by molar-refractivity contribution is 5.99. The van der Waals surface area contributed by atoms with Gasteiger partial charge in [-0.1, -0.05) is 25.5 Å². The molecule has 5 rings (SSSR count). The van der Waals surface area contributed by atoms with E-state index in [2.05, 4.69) is 13.8 Å². The van der Waals surface area contributed by atoms with E-state index in [0.29, 0.717) is 17.4 Å². The first-order chi connectivity index (χ1) is 15.5. The SMILES string of the molecule is CC1=C(C)C(=O)O[C@@H]([C@@H](C)C2CCC3C4C(CC[C@@]32C)[C@@]2(C)C(=O)C=C[C@H](O)C2=C[C@H]4O)C1. The molecule has 2 N–H and O–H groups in total. The Kier molecular flexibility index (Phi) is 5.34. The van der Waals surface area contributed by atoms with Gasteiger partial charge in [-0.25, -0.2) is 4.79 Å². The van der Waals surface area contributed by atoms with Crippen LogP contribution in [0.25, 0.3) is 0 Å². The number of carbonyl (C=O) groups is 2. The van der Waals surface area contributed by atoms with Crippen LogP contribution in [0.15, 0.2) is 34.9 Å². The monoisotopic (exact) mass is 454 g/mol. The van der Waals surface area contributed by atoms with Crippen LogP contribution in [-0.4, -0.2) is 40.3 Å². The molecule has 180 valence electrons. The van der Waals surface area contributed by atoms with Gasteiger partial charge in [-0.05, 0) is 99.2 Å². The summed E-state index contributed by atoms with van der Waals surface area (Å²) < 4.78 is 5.87. The van der Waals surface area contributed by atoms with Crippen LogP contribution < -0.4 is 0 Å². The second-order valence-electron chi connectivity index (χ2n) is 11.9. The summed E-state index contributed by atoms with van der Waals surface area (Å²) in [7, 11) is 0. The molecular weight excluding hydrogens is 416 g/mol. The largest absolute Gasteiger partial charge is 0.458 e. The van der Waals surface area contributed by atoms with Gasteiger partial charge < -0.3 is 14.9 Å². The minimum atomic E-state index is -0.798. The maximum absolute atomic E-state index is 13.1. The van der Waals surface area contributed by atoms with Gasteiger partial charge in [0, 0.05) is 12.0 Å². The molecular formula is C28H38O5. The van der Waals surface area contributed by atoms with Crippen molar-refractivity contribution >= 4 is 11.8 Å². The number of fused-ring (bicyclic) bond motifs is 5. The zero-order chi connectivity index (χ0) is 23.9. The number of esters is 1. The third-order valence-electron chi connectivity index (χ3n) is 10.7. The maximum atomic E-state index is 13.1. The fourth-order valence-corrected chi connectivity index (χ4v) is 8.57. The number of cyclic esters (lactones) is 1. The number of rotatable bonds is 2. The first-order valence-electron chi connectivity index (χ1n) is 12.7. The van der Waals surface area contributed by atoms with Gasteiger partial charge in [0.15, 0.2) is 5.78 Å². The van der Waals surface area contributed by atoms with Gasteiger partial charge in [-0.3, -0.25) is 4.79 Å². The molecule has 4 unspecified atom stereocenters. The van der Waals surface area contributed by atoms with Crippen LogP contribution in [0.4, 0.5) is 0 Å². The predicted molar refractivity (Wildman–Crippen MR) is 125 cm³/mol. The molecule has 0 bridgehead atoms. The summed E-state index contributed by atoms with van der Waals surface area (Å²) >= 11 is 0. The van der Waals surface area contributed by atoms with Crippen molar-refractivity contribution < 1.29 is 24.5 Å².